The van der Waals surface area contributed by atoms with Crippen molar-refractivity contribution < 1.29 is 19.1 Å². The van der Waals surface area contributed by atoms with Gasteiger partial charge in [-0.15, -0.1) is 0 Å². The number of fused-ring (bicyclic) bond motifs is 3. The van der Waals surface area contributed by atoms with Crippen LogP contribution in [0.3, 0.4) is 0 Å². The van der Waals surface area contributed by atoms with E-state index in [0.29, 0.717) is 29.7 Å². The maximum absolute atomic E-state index is 12.5. The number of aromatic nitrogens is 1. The van der Waals surface area contributed by atoms with Crippen molar-refractivity contribution in [3.8, 4) is 6.07 Å². The van der Waals surface area contributed by atoms with E-state index >= 15 is 0 Å². The van der Waals surface area contributed by atoms with Crippen molar-refractivity contribution >= 4 is 38.7 Å². The van der Waals surface area contributed by atoms with Gasteiger partial charge in [0.05, 0.1) is 22.4 Å². The monoisotopic (exact) mass is 442 g/mol. The number of carbonyl (C=O) groups excluding carboxylic acids is 2. The molecular formula is C22H26N4O4S. The van der Waals surface area contributed by atoms with Crippen molar-refractivity contribution in [1.29, 1.82) is 5.26 Å². The number of benzene rings is 1. The number of ether oxygens (including phenoxy) is 2. The van der Waals surface area contributed by atoms with E-state index in [-0.39, 0.29) is 24.8 Å². The van der Waals surface area contributed by atoms with Gasteiger partial charge in [0.25, 0.3) is 0 Å². The Balaban J connectivity index is 1.61. The summed E-state index contributed by atoms with van der Waals surface area (Å²) in [6, 6.07) is 5.75. The Hall–Kier alpha value is -2.86. The first-order chi connectivity index (χ1) is 14.7. The topological polar surface area (TPSA) is 95.8 Å². The predicted molar refractivity (Wildman–Crippen MR) is 117 cm³/mol. The Morgan fingerprint density at radius 1 is 1.26 bits per heavy atom. The minimum atomic E-state index is -0.523. The molecule has 0 saturated carbocycles. The first kappa shape index (κ1) is 21.4. The summed E-state index contributed by atoms with van der Waals surface area (Å²) in [5, 5.41) is 10.4. The van der Waals surface area contributed by atoms with Gasteiger partial charge in [-0.25, -0.2) is 14.6 Å². The minimum Gasteiger partial charge on any atom is -0.462 e. The molecule has 2 atom stereocenters. The molecule has 2 aromatic rings. The van der Waals surface area contributed by atoms with Crippen molar-refractivity contribution in [2.45, 2.75) is 58.2 Å². The maximum atomic E-state index is 12.5. The highest BCUT2D eigenvalue weighted by molar-refractivity contribution is 7.22. The van der Waals surface area contributed by atoms with Crippen LogP contribution < -0.4 is 4.90 Å². The molecule has 1 aromatic carbocycles. The fourth-order valence-electron chi connectivity index (χ4n) is 4.24. The highest BCUT2D eigenvalue weighted by Crippen LogP contribution is 2.40. The lowest BCUT2D eigenvalue weighted by molar-refractivity contribution is 0.0209. The predicted octanol–water partition coefficient (Wildman–Crippen LogP) is 3.93. The molecule has 9 heteroatoms. The van der Waals surface area contributed by atoms with Gasteiger partial charge in [0.15, 0.2) is 5.13 Å². The quantitative estimate of drug-likeness (QED) is 0.665. The van der Waals surface area contributed by atoms with E-state index in [2.05, 4.69) is 11.0 Å². The van der Waals surface area contributed by atoms with Gasteiger partial charge in [-0.1, -0.05) is 11.3 Å². The Morgan fingerprint density at radius 3 is 2.52 bits per heavy atom. The van der Waals surface area contributed by atoms with Crippen molar-refractivity contribution in [1.82, 2.24) is 9.88 Å². The zero-order valence-corrected chi connectivity index (χ0v) is 19.0. The zero-order valence-electron chi connectivity index (χ0n) is 18.2. The van der Waals surface area contributed by atoms with Crippen LogP contribution in [0.2, 0.25) is 0 Å². The van der Waals surface area contributed by atoms with Crippen molar-refractivity contribution in [3.05, 3.63) is 23.3 Å². The lowest BCUT2D eigenvalue weighted by Crippen LogP contribution is -2.56. The van der Waals surface area contributed by atoms with E-state index in [1.165, 1.54) is 11.3 Å². The average Bonchev–Trinajstić information content (AvgIpc) is 3.23. The second kappa shape index (κ2) is 8.00. The van der Waals surface area contributed by atoms with E-state index < -0.39 is 11.6 Å². The maximum Gasteiger partial charge on any atom is 0.410 e. The Morgan fingerprint density at radius 2 is 1.94 bits per heavy atom. The summed E-state index contributed by atoms with van der Waals surface area (Å²) in [6.07, 6.45) is 1.66. The smallest absolute Gasteiger partial charge is 0.410 e. The van der Waals surface area contributed by atoms with E-state index in [1.54, 1.807) is 24.0 Å². The van der Waals surface area contributed by atoms with E-state index in [1.807, 2.05) is 20.8 Å². The number of nitrogens with zero attached hydrogens (tertiary/aromatic N) is 4. The molecule has 2 aliphatic heterocycles. The number of likely N-dealkylation sites (tertiary alicyclic amines) is 1. The number of rotatable bonds is 3. The molecule has 8 nitrogen and oxygen atoms in total. The SMILES string of the molecule is CCOC(=O)c1cc(C#N)c2nc(N3C4CCC3CN(C(=O)OC(C)(C)C)C4)sc2c1. The van der Waals surface area contributed by atoms with Crippen LogP contribution in [-0.4, -0.2) is 59.3 Å². The number of nitriles is 1. The molecule has 0 N–H and O–H groups in total. The Kier molecular flexibility index (Phi) is 5.52. The standard InChI is InChI=1S/C22H26N4O4S/c1-5-29-19(27)13-8-14(10-23)18-17(9-13)31-20(24-18)26-15-6-7-16(26)12-25(11-15)21(28)30-22(2,3)4/h8-9,15-16H,5-7,11-12H2,1-4H3. The summed E-state index contributed by atoms with van der Waals surface area (Å²) in [5.41, 5.74) is 0.802. The van der Waals surface area contributed by atoms with Gasteiger partial charge in [0, 0.05) is 25.2 Å². The molecule has 3 heterocycles. The van der Waals surface area contributed by atoms with Crippen molar-refractivity contribution in [3.63, 3.8) is 0 Å². The van der Waals surface area contributed by atoms with Gasteiger partial charge in [0.1, 0.15) is 17.2 Å². The molecule has 0 aliphatic carbocycles. The molecule has 164 valence electrons. The van der Waals surface area contributed by atoms with Gasteiger partial charge < -0.3 is 19.3 Å². The molecule has 0 spiro atoms. The molecule has 4 rings (SSSR count). The number of piperazine rings is 1. The summed E-state index contributed by atoms with van der Waals surface area (Å²) >= 11 is 1.47. The normalized spacial score (nSPS) is 20.6. The molecule has 2 aliphatic rings. The molecule has 2 bridgehead atoms. The van der Waals surface area contributed by atoms with E-state index in [0.717, 1.165) is 22.7 Å². The second-order valence-corrected chi connectivity index (χ2v) is 9.89. The first-order valence-electron chi connectivity index (χ1n) is 10.5. The number of esters is 1. The second-order valence-electron chi connectivity index (χ2n) is 8.88. The van der Waals surface area contributed by atoms with Crippen LogP contribution in [0, 0.1) is 11.3 Å². The molecular weight excluding hydrogens is 416 g/mol. The summed E-state index contributed by atoms with van der Waals surface area (Å²) in [7, 11) is 0. The Labute approximate surface area is 185 Å². The molecule has 31 heavy (non-hydrogen) atoms. The van der Waals surface area contributed by atoms with Gasteiger partial charge in [0.2, 0.25) is 0 Å². The van der Waals surface area contributed by atoms with E-state index in [9.17, 15) is 14.9 Å². The van der Waals surface area contributed by atoms with Crippen molar-refractivity contribution in [2.75, 3.05) is 24.6 Å². The molecule has 2 saturated heterocycles. The number of hydrogen-bond acceptors (Lipinski definition) is 8. The van der Waals surface area contributed by atoms with E-state index in [4.69, 9.17) is 14.5 Å². The summed E-state index contributed by atoms with van der Waals surface area (Å²) < 4.78 is 11.4. The zero-order chi connectivity index (χ0) is 22.3. The third kappa shape index (κ3) is 4.17. The lowest BCUT2D eigenvalue weighted by Gasteiger charge is -2.41. The van der Waals surface area contributed by atoms with Gasteiger partial charge >= 0.3 is 12.1 Å². The summed E-state index contributed by atoms with van der Waals surface area (Å²) in [4.78, 5) is 33.5. The van der Waals surface area contributed by atoms with Crippen LogP contribution in [0.25, 0.3) is 10.2 Å². The number of anilines is 1. The molecule has 1 amide bonds. The molecule has 2 unspecified atom stereocenters. The number of thiazole rings is 1. The minimum absolute atomic E-state index is 0.155. The highest BCUT2D eigenvalue weighted by atomic mass is 32.1. The van der Waals surface area contributed by atoms with Crippen molar-refractivity contribution in [2.24, 2.45) is 0 Å². The number of hydrogen-bond donors (Lipinski definition) is 0. The fourth-order valence-corrected chi connectivity index (χ4v) is 5.41. The third-order valence-electron chi connectivity index (χ3n) is 5.47. The lowest BCUT2D eigenvalue weighted by atomic mass is 10.1. The largest absolute Gasteiger partial charge is 0.462 e. The average molecular weight is 443 g/mol. The molecule has 2 fully saturated rings. The van der Waals surface area contributed by atoms with Crippen LogP contribution in [0.15, 0.2) is 12.1 Å². The van der Waals surface area contributed by atoms with Crippen LogP contribution >= 0.6 is 11.3 Å². The highest BCUT2D eigenvalue weighted by Gasteiger charge is 2.43. The number of carbonyl (C=O) groups is 2. The van der Waals surface area contributed by atoms with Gasteiger partial charge in [-0.2, -0.15) is 5.26 Å². The summed E-state index contributed by atoms with van der Waals surface area (Å²) in [5.74, 6) is -0.443. The first-order valence-corrected chi connectivity index (χ1v) is 11.3. The van der Waals surface area contributed by atoms with Crippen LogP contribution in [-0.2, 0) is 9.47 Å². The van der Waals surface area contributed by atoms with Gasteiger partial charge in [-0.05, 0) is 52.7 Å². The van der Waals surface area contributed by atoms with Gasteiger partial charge in [-0.3, -0.25) is 0 Å². The third-order valence-corrected chi connectivity index (χ3v) is 6.49. The van der Waals surface area contributed by atoms with Crippen LogP contribution in [0.5, 0.6) is 0 Å². The summed E-state index contributed by atoms with van der Waals surface area (Å²) in [6.45, 7) is 8.80. The fraction of sp³-hybridized carbons (Fsp3) is 0.545. The number of amides is 1. The Bertz CT molecular complexity index is 1050. The van der Waals surface area contributed by atoms with Crippen LogP contribution in [0.1, 0.15) is 56.5 Å². The molecule has 1 aromatic heterocycles. The van der Waals surface area contributed by atoms with Crippen LogP contribution in [0.4, 0.5) is 9.93 Å². The molecule has 0 radical (unpaired) electrons.